The van der Waals surface area contributed by atoms with Gasteiger partial charge >= 0.3 is 8.80 Å². The molecule has 644 valence electrons. The number of quaternary nitrogens is 1. The van der Waals surface area contributed by atoms with Crippen molar-refractivity contribution in [1.82, 2.24) is 29.4 Å². The van der Waals surface area contributed by atoms with Crippen molar-refractivity contribution in [2.45, 2.75) is 268 Å². The van der Waals surface area contributed by atoms with Crippen LogP contribution in [0.2, 0.25) is 6.04 Å². The first kappa shape index (κ1) is 101. The summed E-state index contributed by atoms with van der Waals surface area (Å²) < 4.78 is 233. The van der Waals surface area contributed by atoms with E-state index in [1.54, 1.807) is 29.4 Å². The standard InChI is InChI=1S/C70H145N7O24S6Si/c1-4-6-8-10-12-14-16-18-20-22-24-26-28-30-32-34-49-77(3,50-35-33-31-29-27-25-23-21-19-17-15-13-11-9-7-5-2)51-36-52-108(99-68(62-105(90,91)92)56-74-43-37-71(38-44-74)53-65(78)59-102(81,82)83,100-69(63-106(93,94)95)57-75-45-39-72(40-46-75)54-66(79)60-103(84,85)86)101-70(64-107(96,97)98)58-76-47-41-73(42-48-76)55-67(80)61-104(87,88)89/h65-70,78-80H,4-64H2,1-3H3,(H5-,81,82,83,84,85,86,87,88,89,90,91,92,93,94,95,96,97,98)/p+1. The van der Waals surface area contributed by atoms with Crippen molar-refractivity contribution in [1.29, 1.82) is 0 Å². The molecule has 6 unspecified atom stereocenters. The smallest absolute Gasteiger partial charge is 0.391 e. The summed E-state index contributed by atoms with van der Waals surface area (Å²) in [4.78, 5) is 10.5. The zero-order chi connectivity index (χ0) is 80.2. The third kappa shape index (κ3) is 54.9. The van der Waals surface area contributed by atoms with Gasteiger partial charge in [0.2, 0.25) is 0 Å². The fraction of sp³-hybridized carbons (Fsp3) is 1.00. The Morgan fingerprint density at radius 3 is 0.648 bits per heavy atom. The maximum atomic E-state index is 13.4. The van der Waals surface area contributed by atoms with Crippen molar-refractivity contribution in [3.63, 3.8) is 0 Å². The molecule has 0 aromatic carbocycles. The van der Waals surface area contributed by atoms with Crippen molar-refractivity contribution in [3.05, 3.63) is 0 Å². The van der Waals surface area contributed by atoms with Crippen molar-refractivity contribution < 1.29 is 111 Å². The average molecular weight is 1690 g/mol. The maximum Gasteiger partial charge on any atom is 0.502 e. The lowest BCUT2D eigenvalue weighted by Gasteiger charge is -2.43. The first-order chi connectivity index (χ1) is 50.7. The Labute approximate surface area is 653 Å². The van der Waals surface area contributed by atoms with Gasteiger partial charge in [-0.25, -0.2) is 0 Å². The van der Waals surface area contributed by atoms with Crippen LogP contribution in [0.4, 0.5) is 0 Å². The molecule has 0 bridgehead atoms. The molecule has 0 spiro atoms. The van der Waals surface area contributed by atoms with Gasteiger partial charge in [0.05, 0.1) is 63.3 Å². The lowest BCUT2D eigenvalue weighted by molar-refractivity contribution is -0.910. The Morgan fingerprint density at radius 1 is 0.278 bits per heavy atom. The number of unbranched alkanes of at least 4 members (excludes halogenated alkanes) is 30. The van der Waals surface area contributed by atoms with Gasteiger partial charge in [-0.15, -0.1) is 0 Å². The number of aliphatic hydroxyl groups excluding tert-OH is 3. The normalized spacial score (nSPS) is 19.0. The fourth-order valence-corrected chi connectivity index (χ4v) is 22.5. The molecule has 0 saturated carbocycles. The number of aliphatic hydroxyl groups is 3. The quantitative estimate of drug-likeness (QED) is 0.0132. The molecule has 3 rings (SSSR count). The van der Waals surface area contributed by atoms with Crippen LogP contribution >= 0.6 is 0 Å². The third-order valence-corrected chi connectivity index (χ3v) is 28.7. The van der Waals surface area contributed by atoms with Gasteiger partial charge in [0.25, 0.3) is 60.7 Å². The SMILES string of the molecule is CCCCCCCCCCCCCCCCCC[N+](C)(CCCCCCCCCCCCCCCCCC)CCC[Si](OC(CN1CCN(CC(O)CS(=O)(=O)O)CC1)CS(=O)(=O)O)(OC(CN1CCN(CC(O)CS(=O)(=O)O)CC1)CS(=O)(=O)O)OC(CN1CCN(CC(O)CS(=O)(=O)O)CC1)CS(=O)(=O)O. The number of β-amino-alcohol motifs (C(OH)–C–C–N with tert-alkyl or cyclic N) is 3. The molecule has 3 aliphatic rings. The summed E-state index contributed by atoms with van der Waals surface area (Å²) in [7, 11) is -31.5. The number of hydrogen-bond donors (Lipinski definition) is 9. The number of nitrogens with zero attached hydrogens (tertiary/aromatic N) is 7. The average Bonchev–Trinajstić information content (AvgIpc) is 0.801. The molecule has 0 aromatic rings. The van der Waals surface area contributed by atoms with Crippen LogP contribution in [0.5, 0.6) is 0 Å². The highest BCUT2D eigenvalue weighted by atomic mass is 32.2. The van der Waals surface area contributed by atoms with E-state index >= 15 is 0 Å². The molecule has 0 aromatic heterocycles. The van der Waals surface area contributed by atoms with E-state index in [1.807, 2.05) is 0 Å². The Bertz CT molecular complexity index is 2780. The minimum Gasteiger partial charge on any atom is -0.391 e. The van der Waals surface area contributed by atoms with Crippen LogP contribution in [-0.4, -0.2) is 351 Å². The predicted molar refractivity (Wildman–Crippen MR) is 425 cm³/mol. The highest BCUT2D eigenvalue weighted by Gasteiger charge is 2.50. The molecular formula is C70H146N7O24S6Si+. The monoisotopic (exact) mass is 1690 g/mol. The summed E-state index contributed by atoms with van der Waals surface area (Å²) in [6, 6.07) is -0.233. The molecular weight excluding hydrogens is 1540 g/mol. The van der Waals surface area contributed by atoms with E-state index in [9.17, 15) is 93.1 Å². The number of rotatable bonds is 68. The second-order valence-electron chi connectivity index (χ2n) is 31.7. The minimum absolute atomic E-state index is 0.146. The van der Waals surface area contributed by atoms with E-state index in [2.05, 4.69) is 20.9 Å². The molecule has 3 saturated heterocycles. The molecule has 3 aliphatic heterocycles. The van der Waals surface area contributed by atoms with E-state index in [4.69, 9.17) is 13.3 Å². The highest BCUT2D eigenvalue weighted by molar-refractivity contribution is 7.87. The van der Waals surface area contributed by atoms with Crippen molar-refractivity contribution in [2.75, 3.05) is 179 Å². The first-order valence-corrected chi connectivity index (χ1v) is 52.3. The lowest BCUT2D eigenvalue weighted by atomic mass is 10.0. The van der Waals surface area contributed by atoms with Crippen molar-refractivity contribution in [2.24, 2.45) is 0 Å². The largest absolute Gasteiger partial charge is 0.502 e. The summed E-state index contributed by atoms with van der Waals surface area (Å²) in [6.45, 7) is 7.27. The van der Waals surface area contributed by atoms with Crippen LogP contribution in [0.3, 0.4) is 0 Å². The Morgan fingerprint density at radius 2 is 0.454 bits per heavy atom. The Balaban J connectivity index is 2.12. The second kappa shape index (κ2) is 54.2. The van der Waals surface area contributed by atoms with E-state index in [0.717, 1.165) is 77.3 Å². The van der Waals surface area contributed by atoms with Crippen LogP contribution in [0, 0.1) is 0 Å². The molecule has 0 aliphatic carbocycles. The van der Waals surface area contributed by atoms with Crippen molar-refractivity contribution >= 4 is 69.5 Å². The zero-order valence-corrected chi connectivity index (χ0v) is 71.7. The van der Waals surface area contributed by atoms with Crippen LogP contribution in [0.1, 0.15) is 226 Å². The summed E-state index contributed by atoms with van der Waals surface area (Å²) in [6.07, 6.45) is 29.6. The molecule has 0 radical (unpaired) electrons. The summed E-state index contributed by atoms with van der Waals surface area (Å²) in [5, 5.41) is 31.6. The van der Waals surface area contributed by atoms with Gasteiger partial charge < -0.3 is 33.1 Å². The predicted octanol–water partition coefficient (Wildman–Crippen LogP) is 6.70. The molecule has 3 fully saturated rings. The van der Waals surface area contributed by atoms with Crippen LogP contribution in [0.25, 0.3) is 0 Å². The van der Waals surface area contributed by atoms with E-state index in [0.29, 0.717) is 11.0 Å². The van der Waals surface area contributed by atoms with Gasteiger partial charge in [0.15, 0.2) is 0 Å². The molecule has 38 heteroatoms. The zero-order valence-electron chi connectivity index (χ0n) is 65.8. The maximum absolute atomic E-state index is 13.4. The highest BCUT2D eigenvalue weighted by Crippen LogP contribution is 2.30. The van der Waals surface area contributed by atoms with Crippen LogP contribution in [-0.2, 0) is 74.0 Å². The van der Waals surface area contributed by atoms with E-state index in [1.165, 1.54) is 141 Å². The Hall–Kier alpha value is -0.843. The van der Waals surface area contributed by atoms with Gasteiger partial charge in [-0.05, 0) is 25.7 Å². The molecule has 31 nitrogen and oxygen atoms in total. The van der Waals surface area contributed by atoms with Gasteiger partial charge in [-0.1, -0.05) is 194 Å². The molecule has 108 heavy (non-hydrogen) atoms. The molecule has 3 heterocycles. The minimum atomic E-state index is -5.05. The fourth-order valence-electron chi connectivity index (χ4n) is 15.3. The number of piperazine rings is 3. The third-order valence-electron chi connectivity index (χ3n) is 20.9. The van der Waals surface area contributed by atoms with Gasteiger partial charge in [0, 0.05) is 130 Å². The van der Waals surface area contributed by atoms with Crippen LogP contribution in [0.15, 0.2) is 0 Å². The first-order valence-electron chi connectivity index (χ1n) is 40.7. The van der Waals surface area contributed by atoms with E-state index in [-0.39, 0.29) is 130 Å². The summed E-state index contributed by atoms with van der Waals surface area (Å²) in [5.41, 5.74) is 0. The van der Waals surface area contributed by atoms with Gasteiger partial charge in [-0.2, -0.15) is 50.5 Å². The lowest BCUT2D eigenvalue weighted by Crippen LogP contribution is -2.61. The summed E-state index contributed by atoms with van der Waals surface area (Å²) >= 11 is 0. The summed E-state index contributed by atoms with van der Waals surface area (Å²) in [5.74, 6) is -6.06. The molecule has 9 N–H and O–H groups in total. The van der Waals surface area contributed by atoms with Gasteiger partial charge in [0.1, 0.15) is 34.5 Å². The molecule has 6 atom stereocenters. The topological polar surface area (TPSA) is 434 Å². The second-order valence-corrected chi connectivity index (χ2v) is 43.2. The molecule has 0 amide bonds. The van der Waals surface area contributed by atoms with Crippen molar-refractivity contribution in [3.8, 4) is 0 Å². The van der Waals surface area contributed by atoms with Crippen LogP contribution < -0.4 is 0 Å². The van der Waals surface area contributed by atoms with E-state index < -0.39 is 141 Å². The number of hydrogen-bond acceptors (Lipinski definition) is 24. The Kier molecular flexibility index (Phi) is 50.9. The van der Waals surface area contributed by atoms with Gasteiger partial charge in [-0.3, -0.25) is 56.7 Å².